The fourth-order valence-electron chi connectivity index (χ4n) is 2.30. The van der Waals surface area contributed by atoms with Crippen molar-refractivity contribution in [2.24, 2.45) is 0 Å². The first-order chi connectivity index (χ1) is 10.7. The molecule has 0 fully saturated rings. The Kier molecular flexibility index (Phi) is 6.77. The second kappa shape index (κ2) is 8.83. The van der Waals surface area contributed by atoms with Crippen LogP contribution in [0.4, 0.5) is 0 Å². The Balaban J connectivity index is 1.79. The van der Waals surface area contributed by atoms with Gasteiger partial charge in [-0.1, -0.05) is 42.5 Å². The predicted molar refractivity (Wildman–Crippen MR) is 92.5 cm³/mol. The van der Waals surface area contributed by atoms with Crippen molar-refractivity contribution in [2.75, 3.05) is 26.5 Å². The molecule has 1 unspecified atom stereocenters. The zero-order chi connectivity index (χ0) is 15.8. The molecule has 22 heavy (non-hydrogen) atoms. The standard InChI is InChI=1S/C18H23NO2S/c1-19(12-15-8-4-3-5-9-15)13-16(20)14-22-18-11-7-6-10-17(18)21-2/h3-11,16,20H,12-14H2,1-2H3. The van der Waals surface area contributed by atoms with Crippen LogP contribution in [0.5, 0.6) is 5.75 Å². The van der Waals surface area contributed by atoms with Gasteiger partial charge in [0.25, 0.3) is 0 Å². The molecular weight excluding hydrogens is 294 g/mol. The molecule has 0 aliphatic carbocycles. The van der Waals surface area contributed by atoms with Crippen molar-refractivity contribution in [3.05, 3.63) is 60.2 Å². The number of rotatable bonds is 8. The maximum Gasteiger partial charge on any atom is 0.132 e. The smallest absolute Gasteiger partial charge is 0.132 e. The number of aliphatic hydroxyl groups is 1. The largest absolute Gasteiger partial charge is 0.496 e. The third-order valence-corrected chi connectivity index (χ3v) is 4.52. The summed E-state index contributed by atoms with van der Waals surface area (Å²) in [5.74, 6) is 1.51. The van der Waals surface area contributed by atoms with E-state index in [9.17, 15) is 5.11 Å². The van der Waals surface area contributed by atoms with Crippen LogP contribution in [0.3, 0.4) is 0 Å². The summed E-state index contributed by atoms with van der Waals surface area (Å²) >= 11 is 1.63. The van der Waals surface area contributed by atoms with Gasteiger partial charge in [-0.05, 0) is 24.7 Å². The summed E-state index contributed by atoms with van der Waals surface area (Å²) in [6.07, 6.45) is -0.372. The minimum absolute atomic E-state index is 0.372. The number of ether oxygens (including phenoxy) is 1. The molecule has 0 spiro atoms. The molecule has 0 radical (unpaired) electrons. The van der Waals surface area contributed by atoms with E-state index in [0.29, 0.717) is 12.3 Å². The molecule has 0 aliphatic rings. The minimum Gasteiger partial charge on any atom is -0.496 e. The Morgan fingerprint density at radius 3 is 2.50 bits per heavy atom. The number of benzene rings is 2. The van der Waals surface area contributed by atoms with Crippen molar-refractivity contribution in [1.82, 2.24) is 4.90 Å². The summed E-state index contributed by atoms with van der Waals surface area (Å²) in [4.78, 5) is 3.21. The second-order valence-corrected chi connectivity index (χ2v) is 6.36. The van der Waals surface area contributed by atoms with Crippen molar-refractivity contribution in [1.29, 1.82) is 0 Å². The highest BCUT2D eigenvalue weighted by Gasteiger charge is 2.11. The number of hydrogen-bond donors (Lipinski definition) is 1. The van der Waals surface area contributed by atoms with Gasteiger partial charge < -0.3 is 9.84 Å². The number of methoxy groups -OCH3 is 1. The molecule has 2 aromatic carbocycles. The third kappa shape index (κ3) is 5.37. The molecular formula is C18H23NO2S. The maximum atomic E-state index is 10.2. The Hall–Kier alpha value is -1.49. The van der Waals surface area contributed by atoms with E-state index in [2.05, 4.69) is 17.0 Å². The van der Waals surface area contributed by atoms with E-state index in [-0.39, 0.29) is 6.10 Å². The van der Waals surface area contributed by atoms with Crippen LogP contribution in [0.25, 0.3) is 0 Å². The molecule has 1 N–H and O–H groups in total. The summed E-state index contributed by atoms with van der Waals surface area (Å²) in [6.45, 7) is 1.49. The Morgan fingerprint density at radius 1 is 1.09 bits per heavy atom. The van der Waals surface area contributed by atoms with Crippen molar-refractivity contribution in [2.45, 2.75) is 17.5 Å². The van der Waals surface area contributed by atoms with Gasteiger partial charge in [-0.25, -0.2) is 0 Å². The fourth-order valence-corrected chi connectivity index (χ4v) is 3.24. The SMILES string of the molecule is COc1ccccc1SCC(O)CN(C)Cc1ccccc1. The van der Waals surface area contributed by atoms with Crippen LogP contribution >= 0.6 is 11.8 Å². The zero-order valence-corrected chi connectivity index (χ0v) is 13.9. The Bertz CT molecular complexity index is 562. The Labute approximate surface area is 136 Å². The minimum atomic E-state index is -0.372. The lowest BCUT2D eigenvalue weighted by molar-refractivity contribution is 0.142. The number of aliphatic hydroxyl groups excluding tert-OH is 1. The van der Waals surface area contributed by atoms with Crippen molar-refractivity contribution >= 4 is 11.8 Å². The van der Waals surface area contributed by atoms with Crippen LogP contribution in [0.15, 0.2) is 59.5 Å². The van der Waals surface area contributed by atoms with Gasteiger partial charge >= 0.3 is 0 Å². The van der Waals surface area contributed by atoms with Crippen LogP contribution in [-0.4, -0.2) is 42.6 Å². The summed E-state index contributed by atoms with van der Waals surface area (Å²) < 4.78 is 5.32. The molecule has 0 aliphatic heterocycles. The Morgan fingerprint density at radius 2 is 1.77 bits per heavy atom. The summed E-state index contributed by atoms with van der Waals surface area (Å²) in [5.41, 5.74) is 1.26. The summed E-state index contributed by atoms with van der Waals surface area (Å²) in [6, 6.07) is 18.2. The van der Waals surface area contributed by atoms with E-state index in [1.807, 2.05) is 49.5 Å². The monoisotopic (exact) mass is 317 g/mol. The molecule has 0 heterocycles. The van der Waals surface area contributed by atoms with Crippen molar-refractivity contribution in [3.63, 3.8) is 0 Å². The second-order valence-electron chi connectivity index (χ2n) is 5.30. The normalized spacial score (nSPS) is 12.4. The molecule has 0 saturated carbocycles. The topological polar surface area (TPSA) is 32.7 Å². The van der Waals surface area contributed by atoms with Gasteiger partial charge in [0.05, 0.1) is 13.2 Å². The first-order valence-corrected chi connectivity index (χ1v) is 8.34. The van der Waals surface area contributed by atoms with E-state index in [4.69, 9.17) is 4.74 Å². The van der Waals surface area contributed by atoms with Crippen LogP contribution in [0.2, 0.25) is 0 Å². The highest BCUT2D eigenvalue weighted by atomic mass is 32.2. The quantitative estimate of drug-likeness (QED) is 0.757. The molecule has 0 saturated heterocycles. The van der Waals surface area contributed by atoms with Crippen molar-refractivity contribution < 1.29 is 9.84 Å². The average Bonchev–Trinajstić information content (AvgIpc) is 2.54. The van der Waals surface area contributed by atoms with Gasteiger partial charge in [0, 0.05) is 23.7 Å². The molecule has 0 bridgehead atoms. The van der Waals surface area contributed by atoms with Crippen molar-refractivity contribution in [3.8, 4) is 5.75 Å². The molecule has 0 amide bonds. The number of para-hydroxylation sites is 1. The molecule has 4 heteroatoms. The van der Waals surface area contributed by atoms with Crippen LogP contribution in [0.1, 0.15) is 5.56 Å². The highest BCUT2D eigenvalue weighted by Crippen LogP contribution is 2.29. The number of nitrogens with zero attached hydrogens (tertiary/aromatic N) is 1. The van der Waals surface area contributed by atoms with Crippen LogP contribution in [0, 0.1) is 0 Å². The third-order valence-electron chi connectivity index (χ3n) is 3.32. The fraction of sp³-hybridized carbons (Fsp3) is 0.333. The molecule has 3 nitrogen and oxygen atoms in total. The highest BCUT2D eigenvalue weighted by molar-refractivity contribution is 7.99. The number of hydrogen-bond acceptors (Lipinski definition) is 4. The van der Waals surface area contributed by atoms with Crippen LogP contribution < -0.4 is 4.74 Å². The molecule has 118 valence electrons. The van der Waals surface area contributed by atoms with Gasteiger partial charge in [0.15, 0.2) is 0 Å². The average molecular weight is 317 g/mol. The van der Waals surface area contributed by atoms with E-state index in [0.717, 1.165) is 17.2 Å². The first kappa shape index (κ1) is 16.9. The van der Waals surface area contributed by atoms with Gasteiger partial charge in [-0.15, -0.1) is 11.8 Å². The molecule has 2 aromatic rings. The lowest BCUT2D eigenvalue weighted by atomic mass is 10.2. The number of thioether (sulfide) groups is 1. The molecule has 1 atom stereocenters. The molecule has 2 rings (SSSR count). The maximum absolute atomic E-state index is 10.2. The molecule has 0 aromatic heterocycles. The summed E-state index contributed by atoms with van der Waals surface area (Å²) in [5, 5.41) is 10.2. The van der Waals surface area contributed by atoms with Gasteiger partial charge in [-0.2, -0.15) is 0 Å². The first-order valence-electron chi connectivity index (χ1n) is 7.35. The van der Waals surface area contributed by atoms with Crippen LogP contribution in [-0.2, 0) is 6.54 Å². The van der Waals surface area contributed by atoms with Gasteiger partial charge in [-0.3, -0.25) is 4.90 Å². The summed E-state index contributed by atoms with van der Waals surface area (Å²) in [7, 11) is 3.70. The zero-order valence-electron chi connectivity index (χ0n) is 13.1. The van der Waals surface area contributed by atoms with E-state index in [1.54, 1.807) is 18.9 Å². The lowest BCUT2D eigenvalue weighted by Gasteiger charge is -2.20. The van der Waals surface area contributed by atoms with Gasteiger partial charge in [0.1, 0.15) is 5.75 Å². The van der Waals surface area contributed by atoms with E-state index < -0.39 is 0 Å². The van der Waals surface area contributed by atoms with Gasteiger partial charge in [0.2, 0.25) is 0 Å². The predicted octanol–water partition coefficient (Wildman–Crippen LogP) is 3.28. The lowest BCUT2D eigenvalue weighted by Crippen LogP contribution is -2.30. The number of likely N-dealkylation sites (N-methyl/N-ethyl adjacent to an activating group) is 1. The van der Waals surface area contributed by atoms with E-state index in [1.165, 1.54) is 5.56 Å². The van der Waals surface area contributed by atoms with E-state index >= 15 is 0 Å².